The first-order chi connectivity index (χ1) is 28.7. The van der Waals surface area contributed by atoms with Crippen molar-refractivity contribution in [3.8, 4) is 39.5 Å². The third kappa shape index (κ3) is 4.48. The van der Waals surface area contributed by atoms with Gasteiger partial charge >= 0.3 is 0 Å². The van der Waals surface area contributed by atoms with Gasteiger partial charge in [-0.25, -0.2) is 9.97 Å². The van der Waals surface area contributed by atoms with Gasteiger partial charge in [0, 0.05) is 43.3 Å². The lowest BCUT2D eigenvalue weighted by atomic mass is 9.99. The second-order valence-electron chi connectivity index (χ2n) is 14.9. The van der Waals surface area contributed by atoms with Crippen LogP contribution in [0.3, 0.4) is 0 Å². The van der Waals surface area contributed by atoms with E-state index in [4.69, 9.17) is 23.2 Å². The van der Waals surface area contributed by atoms with E-state index in [1.165, 1.54) is 0 Å². The number of fused-ring (bicyclic) bond motifs is 12. The molecule has 0 unspecified atom stereocenters. The fourth-order valence-electron chi connectivity index (χ4n) is 8.96. The molecule has 0 saturated carbocycles. The first-order valence-corrected chi connectivity index (χ1v) is 19.4. The maximum absolute atomic E-state index is 6.85. The molecule has 13 aromatic rings. The average molecular weight is 744 g/mol. The van der Waals surface area contributed by atoms with Crippen molar-refractivity contribution < 1.29 is 13.3 Å². The molecule has 5 heterocycles. The van der Waals surface area contributed by atoms with Crippen molar-refractivity contribution >= 4 is 87.8 Å². The Morgan fingerprint density at radius 1 is 0.362 bits per heavy atom. The third-order valence-electron chi connectivity index (χ3n) is 11.6. The van der Waals surface area contributed by atoms with E-state index < -0.39 is 0 Å². The number of furan rings is 3. The molecule has 0 saturated heterocycles. The van der Waals surface area contributed by atoms with Crippen molar-refractivity contribution in [2.24, 2.45) is 0 Å². The number of nitrogens with zero attached hydrogens (tertiary/aromatic N) is 3. The summed E-state index contributed by atoms with van der Waals surface area (Å²) in [6, 6.07) is 60.8. The van der Waals surface area contributed by atoms with Crippen molar-refractivity contribution in [1.82, 2.24) is 14.5 Å². The van der Waals surface area contributed by atoms with Crippen LogP contribution in [0.2, 0.25) is 0 Å². The molecule has 0 aliphatic heterocycles. The third-order valence-corrected chi connectivity index (χ3v) is 11.6. The highest BCUT2D eigenvalue weighted by molar-refractivity contribution is 6.15. The number of hydrogen-bond acceptors (Lipinski definition) is 5. The van der Waals surface area contributed by atoms with Crippen LogP contribution in [-0.4, -0.2) is 14.5 Å². The molecule has 0 amide bonds. The van der Waals surface area contributed by atoms with Gasteiger partial charge in [0.1, 0.15) is 33.4 Å². The first-order valence-electron chi connectivity index (χ1n) is 19.4. The van der Waals surface area contributed by atoms with E-state index in [1.807, 2.05) is 30.3 Å². The van der Waals surface area contributed by atoms with Crippen LogP contribution in [0.15, 0.2) is 189 Å². The van der Waals surface area contributed by atoms with Gasteiger partial charge in [0.15, 0.2) is 17.2 Å². The molecule has 0 aliphatic rings. The van der Waals surface area contributed by atoms with Gasteiger partial charge in [-0.05, 0) is 82.9 Å². The van der Waals surface area contributed by atoms with Crippen LogP contribution < -0.4 is 0 Å². The highest BCUT2D eigenvalue weighted by atomic mass is 16.3. The Hall–Kier alpha value is -7.96. The summed E-state index contributed by atoms with van der Waals surface area (Å²) >= 11 is 0. The number of hydrogen-bond donors (Lipinski definition) is 0. The zero-order chi connectivity index (χ0) is 37.9. The van der Waals surface area contributed by atoms with Gasteiger partial charge in [0.2, 0.25) is 0 Å². The van der Waals surface area contributed by atoms with E-state index in [-0.39, 0.29) is 0 Å². The molecule has 0 aliphatic carbocycles. The van der Waals surface area contributed by atoms with Gasteiger partial charge in [-0.1, -0.05) is 115 Å². The van der Waals surface area contributed by atoms with Gasteiger partial charge in [-0.15, -0.1) is 0 Å². The molecule has 270 valence electrons. The topological polar surface area (TPSA) is 70.1 Å². The summed E-state index contributed by atoms with van der Waals surface area (Å²) in [5.41, 5.74) is 12.8. The van der Waals surface area contributed by atoms with Crippen molar-refractivity contribution in [3.63, 3.8) is 0 Å². The van der Waals surface area contributed by atoms with E-state index in [1.54, 1.807) is 0 Å². The van der Waals surface area contributed by atoms with Crippen molar-refractivity contribution in [3.05, 3.63) is 176 Å². The molecule has 13 rings (SSSR count). The van der Waals surface area contributed by atoms with Crippen molar-refractivity contribution in [2.75, 3.05) is 0 Å². The Morgan fingerprint density at radius 3 is 1.76 bits per heavy atom. The highest BCUT2D eigenvalue weighted by Gasteiger charge is 2.24. The van der Waals surface area contributed by atoms with Gasteiger partial charge < -0.3 is 13.3 Å². The highest BCUT2D eigenvalue weighted by Crippen LogP contribution is 2.42. The minimum atomic E-state index is 0.587. The molecule has 0 fully saturated rings. The van der Waals surface area contributed by atoms with Gasteiger partial charge in [0.25, 0.3) is 0 Å². The average Bonchev–Trinajstić information content (AvgIpc) is 4.04. The Kier molecular flexibility index (Phi) is 6.35. The largest absolute Gasteiger partial charge is 0.456 e. The lowest BCUT2D eigenvalue weighted by Crippen LogP contribution is -2.02. The van der Waals surface area contributed by atoms with Crippen LogP contribution in [0.4, 0.5) is 0 Å². The molecule has 0 spiro atoms. The van der Waals surface area contributed by atoms with Crippen LogP contribution >= 0.6 is 0 Å². The van der Waals surface area contributed by atoms with Crippen LogP contribution in [0, 0.1) is 0 Å². The molecule has 58 heavy (non-hydrogen) atoms. The van der Waals surface area contributed by atoms with E-state index in [0.717, 1.165) is 110 Å². The fraction of sp³-hybridized carbons (Fsp3) is 0. The molecular weight excluding hydrogens is 715 g/mol. The molecule has 0 atom stereocenters. The van der Waals surface area contributed by atoms with E-state index in [2.05, 4.69) is 150 Å². The monoisotopic (exact) mass is 743 g/mol. The standard InChI is InChI=1S/C52H29N3O3/c1-2-11-30(12-3-1)33-21-24-37-47(29-33)58-50-49(37)53-51(54-52(50)55-41-17-7-4-13-34(41)35-14-5-8-18-42(35)55)38-16-10-20-46-48(38)40-28-32(23-26-45(40)57-46)31-22-25-44-39(27-31)36-15-6-9-19-43(36)56-44/h1-29H. The summed E-state index contributed by atoms with van der Waals surface area (Å²) in [7, 11) is 0. The maximum atomic E-state index is 6.85. The van der Waals surface area contributed by atoms with Gasteiger partial charge in [-0.2, -0.15) is 0 Å². The van der Waals surface area contributed by atoms with E-state index >= 15 is 0 Å². The fourth-order valence-corrected chi connectivity index (χ4v) is 8.96. The molecule has 0 bridgehead atoms. The van der Waals surface area contributed by atoms with Crippen LogP contribution in [0.25, 0.3) is 127 Å². The summed E-state index contributed by atoms with van der Waals surface area (Å²) in [4.78, 5) is 10.8. The molecule has 6 heteroatoms. The summed E-state index contributed by atoms with van der Waals surface area (Å²) in [5, 5.41) is 7.36. The Balaban J connectivity index is 1.08. The minimum Gasteiger partial charge on any atom is -0.456 e. The molecule has 8 aromatic carbocycles. The molecule has 0 radical (unpaired) electrons. The second kappa shape index (κ2) is 11.8. The minimum absolute atomic E-state index is 0.587. The second-order valence-corrected chi connectivity index (χ2v) is 14.9. The van der Waals surface area contributed by atoms with Crippen molar-refractivity contribution in [2.45, 2.75) is 0 Å². The maximum Gasteiger partial charge on any atom is 0.197 e. The van der Waals surface area contributed by atoms with Gasteiger partial charge in [0.05, 0.1) is 11.0 Å². The zero-order valence-corrected chi connectivity index (χ0v) is 30.8. The molecule has 6 nitrogen and oxygen atoms in total. The Labute approximate surface area is 329 Å². The summed E-state index contributed by atoms with van der Waals surface area (Å²) in [6.45, 7) is 0. The Bertz CT molecular complexity index is 3760. The molecule has 5 aromatic heterocycles. The van der Waals surface area contributed by atoms with Crippen molar-refractivity contribution in [1.29, 1.82) is 0 Å². The molecular formula is C52H29N3O3. The number of para-hydroxylation sites is 3. The lowest BCUT2D eigenvalue weighted by molar-refractivity contribution is 0.662. The summed E-state index contributed by atoms with van der Waals surface area (Å²) < 4.78 is 21.8. The van der Waals surface area contributed by atoms with Crippen LogP contribution in [-0.2, 0) is 0 Å². The Morgan fingerprint density at radius 2 is 0.966 bits per heavy atom. The van der Waals surface area contributed by atoms with E-state index in [0.29, 0.717) is 17.2 Å². The summed E-state index contributed by atoms with van der Waals surface area (Å²) in [5.74, 6) is 1.27. The first kappa shape index (κ1) is 31.3. The number of aromatic nitrogens is 3. The molecule has 0 N–H and O–H groups in total. The quantitative estimate of drug-likeness (QED) is 0.179. The predicted molar refractivity (Wildman–Crippen MR) is 235 cm³/mol. The van der Waals surface area contributed by atoms with Crippen LogP contribution in [0.5, 0.6) is 0 Å². The zero-order valence-electron chi connectivity index (χ0n) is 30.8. The smallest absolute Gasteiger partial charge is 0.197 e. The predicted octanol–water partition coefficient (Wildman–Crippen LogP) is 14.3. The SMILES string of the molecule is c1ccc(-c2ccc3c(c2)oc2c(-n4c5ccccc5c5ccccc54)nc(-c4cccc5oc6ccc(-c7ccc8oc9ccccc9c8c7)cc6c45)nc23)cc1. The number of benzene rings is 8. The van der Waals surface area contributed by atoms with E-state index in [9.17, 15) is 0 Å². The lowest BCUT2D eigenvalue weighted by Gasteiger charge is -2.10. The van der Waals surface area contributed by atoms with Crippen LogP contribution in [0.1, 0.15) is 0 Å². The number of rotatable bonds is 4. The van der Waals surface area contributed by atoms with Gasteiger partial charge in [-0.3, -0.25) is 4.57 Å². The summed E-state index contributed by atoms with van der Waals surface area (Å²) in [6.07, 6.45) is 0. The normalized spacial score (nSPS) is 12.1.